The van der Waals surface area contributed by atoms with E-state index in [9.17, 15) is 9.59 Å². The summed E-state index contributed by atoms with van der Waals surface area (Å²) >= 11 is 6.47. The zero-order valence-electron chi connectivity index (χ0n) is 18.6. The van der Waals surface area contributed by atoms with Crippen LogP contribution in [0.15, 0.2) is 36.8 Å². The van der Waals surface area contributed by atoms with Gasteiger partial charge in [-0.1, -0.05) is 24.1 Å². The number of hydrogen-bond donors (Lipinski definition) is 2. The lowest BCUT2D eigenvalue weighted by Crippen LogP contribution is -2.40. The normalized spacial score (nSPS) is 18.7. The van der Waals surface area contributed by atoms with E-state index in [1.165, 1.54) is 6.92 Å². The van der Waals surface area contributed by atoms with Crippen molar-refractivity contribution in [3.05, 3.63) is 41.8 Å². The second-order valence-corrected chi connectivity index (χ2v) is 9.16. The van der Waals surface area contributed by atoms with Crippen LogP contribution in [0.3, 0.4) is 0 Å². The lowest BCUT2D eigenvalue weighted by molar-refractivity contribution is -0.123. The average Bonchev–Trinajstić information content (AvgIpc) is 3.18. The maximum absolute atomic E-state index is 12.9. The van der Waals surface area contributed by atoms with Crippen molar-refractivity contribution in [2.75, 3.05) is 5.32 Å². The highest BCUT2D eigenvalue weighted by atomic mass is 35.5. The molecule has 1 aromatic carbocycles. The van der Waals surface area contributed by atoms with Gasteiger partial charge in [-0.3, -0.25) is 9.59 Å². The minimum Gasteiger partial charge on any atom is -0.354 e. The second-order valence-electron chi connectivity index (χ2n) is 8.75. The number of benzene rings is 1. The van der Waals surface area contributed by atoms with Crippen molar-refractivity contribution in [1.29, 1.82) is 0 Å². The van der Waals surface area contributed by atoms with Gasteiger partial charge in [0.15, 0.2) is 0 Å². The number of carbonyl (C=O) groups excluding carboxylic acids is 2. The van der Waals surface area contributed by atoms with Gasteiger partial charge in [-0.2, -0.15) is 0 Å². The molecule has 0 bridgehead atoms. The highest BCUT2D eigenvalue weighted by molar-refractivity contribution is 6.33. The van der Waals surface area contributed by atoms with Crippen LogP contribution in [-0.2, 0) is 9.59 Å². The van der Waals surface area contributed by atoms with Crippen molar-refractivity contribution in [3.8, 4) is 11.1 Å². The van der Waals surface area contributed by atoms with Gasteiger partial charge in [0.2, 0.25) is 11.8 Å². The number of hydrogen-bond acceptors (Lipinski definition) is 4. The van der Waals surface area contributed by atoms with Crippen molar-refractivity contribution in [2.24, 2.45) is 5.92 Å². The number of rotatable bonds is 5. The fraction of sp³-hybridized carbons (Fsp3) is 0.417. The lowest BCUT2D eigenvalue weighted by atomic mass is 9.85. The van der Waals surface area contributed by atoms with Crippen LogP contribution >= 0.6 is 11.6 Å². The van der Waals surface area contributed by atoms with Gasteiger partial charge in [-0.15, -0.1) is 0 Å². The SMILES string of the molecule is CC(=O)N[C@@H]1CCC[C@H](C(=O)Nc2cc(-c3ccc4ncn(C(C)C)c4c3)c(Cl)cn2)C1. The minimum absolute atomic E-state index is 0.0447. The Balaban J connectivity index is 1.55. The van der Waals surface area contributed by atoms with Crippen LogP contribution in [-0.4, -0.2) is 32.4 Å². The average molecular weight is 454 g/mol. The van der Waals surface area contributed by atoms with Crippen molar-refractivity contribution in [2.45, 2.75) is 58.5 Å². The van der Waals surface area contributed by atoms with E-state index in [1.54, 1.807) is 6.20 Å². The number of aromatic nitrogens is 3. The van der Waals surface area contributed by atoms with E-state index in [0.717, 1.165) is 41.4 Å². The predicted molar refractivity (Wildman–Crippen MR) is 127 cm³/mol. The molecular weight excluding hydrogens is 426 g/mol. The topological polar surface area (TPSA) is 88.9 Å². The molecular formula is C24H28ClN5O2. The van der Waals surface area contributed by atoms with Gasteiger partial charge in [0.05, 0.1) is 22.4 Å². The number of fused-ring (bicyclic) bond motifs is 1. The van der Waals surface area contributed by atoms with Crippen molar-refractivity contribution < 1.29 is 9.59 Å². The Hall–Kier alpha value is -2.93. The summed E-state index contributed by atoms with van der Waals surface area (Å²) in [4.78, 5) is 33.0. The van der Waals surface area contributed by atoms with Gasteiger partial charge in [0.1, 0.15) is 5.82 Å². The fourth-order valence-electron chi connectivity index (χ4n) is 4.41. The van der Waals surface area contributed by atoms with Crippen LogP contribution in [0.25, 0.3) is 22.2 Å². The van der Waals surface area contributed by atoms with Gasteiger partial charge >= 0.3 is 0 Å². The van der Waals surface area contributed by atoms with E-state index in [-0.39, 0.29) is 29.8 Å². The van der Waals surface area contributed by atoms with E-state index >= 15 is 0 Å². The third kappa shape index (κ3) is 4.78. The number of imidazole rings is 1. The van der Waals surface area contributed by atoms with Crippen LogP contribution in [0, 0.1) is 5.92 Å². The Labute approximate surface area is 192 Å². The maximum Gasteiger partial charge on any atom is 0.228 e. The molecule has 0 spiro atoms. The standard InChI is InChI=1S/C24H28ClN5O2/c1-14(2)30-13-27-21-8-7-16(10-22(21)30)19-11-23(26-12-20(19)25)29-24(32)17-5-4-6-18(9-17)28-15(3)31/h7-8,10-14,17-18H,4-6,9H2,1-3H3,(H,28,31)(H,26,29,32)/t17-,18+/m0/s1. The third-order valence-corrected chi connectivity index (χ3v) is 6.30. The van der Waals surface area contributed by atoms with E-state index in [2.05, 4.69) is 45.1 Å². The maximum atomic E-state index is 12.9. The highest BCUT2D eigenvalue weighted by Crippen LogP contribution is 2.32. The molecule has 168 valence electrons. The quantitative estimate of drug-likeness (QED) is 0.571. The molecule has 2 heterocycles. The molecule has 2 amide bonds. The van der Waals surface area contributed by atoms with Crippen LogP contribution in [0.2, 0.25) is 5.02 Å². The van der Waals surface area contributed by atoms with E-state index in [0.29, 0.717) is 17.3 Å². The number of carbonyl (C=O) groups is 2. The molecule has 2 aromatic heterocycles. The zero-order valence-corrected chi connectivity index (χ0v) is 19.3. The summed E-state index contributed by atoms with van der Waals surface area (Å²) in [7, 11) is 0. The molecule has 0 aliphatic heterocycles. The van der Waals surface area contributed by atoms with Crippen LogP contribution in [0.1, 0.15) is 52.5 Å². The molecule has 0 saturated heterocycles. The van der Waals surface area contributed by atoms with Crippen LogP contribution < -0.4 is 10.6 Å². The third-order valence-electron chi connectivity index (χ3n) is 6.00. The largest absolute Gasteiger partial charge is 0.354 e. The molecule has 32 heavy (non-hydrogen) atoms. The Bertz CT molecular complexity index is 1160. The molecule has 4 rings (SSSR count). The first-order valence-corrected chi connectivity index (χ1v) is 11.4. The summed E-state index contributed by atoms with van der Waals surface area (Å²) in [6, 6.07) is 8.16. The molecule has 3 aromatic rings. The highest BCUT2D eigenvalue weighted by Gasteiger charge is 2.28. The van der Waals surface area contributed by atoms with Crippen LogP contribution in [0.5, 0.6) is 0 Å². The monoisotopic (exact) mass is 453 g/mol. The number of amides is 2. The zero-order chi connectivity index (χ0) is 22.8. The summed E-state index contributed by atoms with van der Waals surface area (Å²) in [5, 5.41) is 6.40. The summed E-state index contributed by atoms with van der Waals surface area (Å²) in [6.07, 6.45) is 6.67. The first kappa shape index (κ1) is 22.3. The molecule has 0 radical (unpaired) electrons. The molecule has 1 saturated carbocycles. The number of anilines is 1. The van der Waals surface area contributed by atoms with E-state index < -0.39 is 0 Å². The number of nitrogens with one attached hydrogen (secondary N) is 2. The fourth-order valence-corrected chi connectivity index (χ4v) is 4.62. The van der Waals surface area contributed by atoms with Gasteiger partial charge < -0.3 is 15.2 Å². The number of halogens is 1. The Morgan fingerprint density at radius 3 is 2.75 bits per heavy atom. The lowest BCUT2D eigenvalue weighted by Gasteiger charge is -2.28. The van der Waals surface area contributed by atoms with Crippen molar-refractivity contribution in [1.82, 2.24) is 19.9 Å². The summed E-state index contributed by atoms with van der Waals surface area (Å²) in [6.45, 7) is 5.74. The van der Waals surface area contributed by atoms with Crippen molar-refractivity contribution in [3.63, 3.8) is 0 Å². The van der Waals surface area contributed by atoms with Gasteiger partial charge in [0.25, 0.3) is 0 Å². The van der Waals surface area contributed by atoms with Gasteiger partial charge in [0, 0.05) is 36.7 Å². The second kappa shape index (κ2) is 9.28. The summed E-state index contributed by atoms with van der Waals surface area (Å²) in [5.41, 5.74) is 3.69. The molecule has 2 N–H and O–H groups in total. The van der Waals surface area contributed by atoms with Crippen LogP contribution in [0.4, 0.5) is 5.82 Å². The summed E-state index contributed by atoms with van der Waals surface area (Å²) in [5.74, 6) is 0.178. The molecule has 1 aliphatic rings. The van der Waals surface area contributed by atoms with Gasteiger partial charge in [-0.05, 0) is 56.9 Å². The first-order valence-electron chi connectivity index (χ1n) is 11.0. The Morgan fingerprint density at radius 1 is 1.19 bits per heavy atom. The molecule has 0 unspecified atom stereocenters. The Kier molecular flexibility index (Phi) is 6.46. The number of pyridine rings is 1. The predicted octanol–water partition coefficient (Wildman–Crippen LogP) is 4.97. The molecule has 7 nitrogen and oxygen atoms in total. The molecule has 1 fully saturated rings. The van der Waals surface area contributed by atoms with Crippen molar-refractivity contribution >= 4 is 40.3 Å². The first-order chi connectivity index (χ1) is 15.3. The van der Waals surface area contributed by atoms with E-state index in [1.807, 2.05) is 24.5 Å². The van der Waals surface area contributed by atoms with Gasteiger partial charge in [-0.25, -0.2) is 9.97 Å². The smallest absolute Gasteiger partial charge is 0.228 e. The molecule has 2 atom stereocenters. The minimum atomic E-state index is -0.154. The Morgan fingerprint density at radius 2 is 2.00 bits per heavy atom. The number of nitrogens with zero attached hydrogens (tertiary/aromatic N) is 3. The molecule has 8 heteroatoms. The summed E-state index contributed by atoms with van der Waals surface area (Å²) < 4.78 is 2.12. The van der Waals surface area contributed by atoms with E-state index in [4.69, 9.17) is 11.6 Å². The molecule has 1 aliphatic carbocycles.